The Hall–Kier alpha value is -0.610. The lowest BCUT2D eigenvalue weighted by Crippen LogP contribution is -2.35. The van der Waals surface area contributed by atoms with E-state index in [1.807, 2.05) is 0 Å². The largest absolute Gasteiger partial charge is 0.396 e. The van der Waals surface area contributed by atoms with E-state index in [1.165, 1.54) is 25.7 Å². The molecule has 21 heavy (non-hydrogen) atoms. The van der Waals surface area contributed by atoms with Gasteiger partial charge in [0.1, 0.15) is 0 Å². The maximum absolute atomic E-state index is 11.5. The highest BCUT2D eigenvalue weighted by Gasteiger charge is 2.04. The summed E-state index contributed by atoms with van der Waals surface area (Å²) in [6, 6.07) is 0. The predicted octanol–water partition coefficient (Wildman–Crippen LogP) is 2.95. The molecule has 1 amide bonds. The molecule has 0 aromatic heterocycles. The number of unbranched alkanes of at least 4 members (excludes halogenated alkanes) is 6. The Labute approximate surface area is 131 Å². The molecular formula is C17H36N2O2. The van der Waals surface area contributed by atoms with Crippen LogP contribution < -0.4 is 5.32 Å². The summed E-state index contributed by atoms with van der Waals surface area (Å²) in [5.41, 5.74) is 0. The average molecular weight is 300 g/mol. The number of likely N-dealkylation sites (N-methyl/N-ethyl adjacent to an activating group) is 1. The number of carbonyl (C=O) groups is 1. The van der Waals surface area contributed by atoms with Crippen molar-refractivity contribution in [3.8, 4) is 0 Å². The number of aliphatic hydroxyl groups excluding tert-OH is 1. The minimum atomic E-state index is 0.191. The highest BCUT2D eigenvalue weighted by molar-refractivity contribution is 5.75. The van der Waals surface area contributed by atoms with Gasteiger partial charge in [-0.3, -0.25) is 4.79 Å². The molecule has 0 radical (unpaired) electrons. The van der Waals surface area contributed by atoms with Gasteiger partial charge in [0.05, 0.1) is 0 Å². The van der Waals surface area contributed by atoms with Gasteiger partial charge in [0, 0.05) is 26.1 Å². The van der Waals surface area contributed by atoms with Crippen LogP contribution in [0.1, 0.15) is 71.6 Å². The summed E-state index contributed by atoms with van der Waals surface area (Å²) in [6.45, 7) is 8.52. The van der Waals surface area contributed by atoms with E-state index in [0.717, 1.165) is 51.9 Å². The topological polar surface area (TPSA) is 52.6 Å². The first-order valence-electron chi connectivity index (χ1n) is 8.84. The molecule has 0 aliphatic carbocycles. The Balaban J connectivity index is 3.47. The van der Waals surface area contributed by atoms with Crippen molar-refractivity contribution in [3.63, 3.8) is 0 Å². The summed E-state index contributed by atoms with van der Waals surface area (Å²) in [7, 11) is 0. The number of hydrogen-bond acceptors (Lipinski definition) is 3. The van der Waals surface area contributed by atoms with Gasteiger partial charge >= 0.3 is 0 Å². The molecule has 0 unspecified atom stereocenters. The van der Waals surface area contributed by atoms with Crippen LogP contribution in [-0.2, 0) is 4.79 Å². The Morgan fingerprint density at radius 1 is 0.952 bits per heavy atom. The molecule has 0 atom stereocenters. The monoisotopic (exact) mass is 300 g/mol. The quantitative estimate of drug-likeness (QED) is 0.457. The van der Waals surface area contributed by atoms with Crippen LogP contribution in [0.5, 0.6) is 0 Å². The summed E-state index contributed by atoms with van der Waals surface area (Å²) in [4.78, 5) is 13.9. The van der Waals surface area contributed by atoms with Crippen LogP contribution in [0.2, 0.25) is 0 Å². The smallest absolute Gasteiger partial charge is 0.220 e. The second kappa shape index (κ2) is 15.8. The van der Waals surface area contributed by atoms with Crippen molar-refractivity contribution in [3.05, 3.63) is 0 Å². The first kappa shape index (κ1) is 20.4. The van der Waals surface area contributed by atoms with Gasteiger partial charge in [-0.05, 0) is 32.4 Å². The van der Waals surface area contributed by atoms with Crippen molar-refractivity contribution in [2.24, 2.45) is 0 Å². The SMILES string of the molecule is CCCCC(=O)NCCN(CC)CCCCCCCCO. The molecule has 0 heterocycles. The number of nitrogens with zero attached hydrogens (tertiary/aromatic N) is 1. The van der Waals surface area contributed by atoms with Gasteiger partial charge in [-0.1, -0.05) is 46.0 Å². The molecule has 0 aliphatic rings. The van der Waals surface area contributed by atoms with Crippen LogP contribution in [0.3, 0.4) is 0 Å². The number of hydrogen-bond donors (Lipinski definition) is 2. The minimum absolute atomic E-state index is 0.191. The van der Waals surface area contributed by atoms with E-state index >= 15 is 0 Å². The standard InChI is InChI=1S/C17H36N2O2/c1-3-5-12-17(21)18-13-15-19(4-2)14-10-8-6-7-9-11-16-20/h20H,3-16H2,1-2H3,(H,18,21). The van der Waals surface area contributed by atoms with Gasteiger partial charge in [-0.15, -0.1) is 0 Å². The third-order valence-electron chi connectivity index (χ3n) is 3.84. The van der Waals surface area contributed by atoms with Crippen molar-refractivity contribution >= 4 is 5.91 Å². The molecule has 0 aliphatic heterocycles. The molecule has 0 rings (SSSR count). The molecule has 126 valence electrons. The Bertz CT molecular complexity index is 235. The van der Waals surface area contributed by atoms with Crippen molar-refractivity contribution < 1.29 is 9.90 Å². The van der Waals surface area contributed by atoms with E-state index in [9.17, 15) is 4.79 Å². The van der Waals surface area contributed by atoms with Crippen LogP contribution >= 0.6 is 0 Å². The van der Waals surface area contributed by atoms with E-state index in [2.05, 4.69) is 24.1 Å². The molecule has 0 aromatic rings. The van der Waals surface area contributed by atoms with Gasteiger partial charge in [0.25, 0.3) is 0 Å². The maximum Gasteiger partial charge on any atom is 0.220 e. The summed E-state index contributed by atoms with van der Waals surface area (Å²) in [6.07, 6.45) is 9.83. The van der Waals surface area contributed by atoms with Crippen LogP contribution in [-0.4, -0.2) is 48.7 Å². The zero-order chi connectivity index (χ0) is 15.8. The second-order valence-electron chi connectivity index (χ2n) is 5.73. The molecule has 0 spiro atoms. The predicted molar refractivity (Wildman–Crippen MR) is 89.4 cm³/mol. The summed E-state index contributed by atoms with van der Waals surface area (Å²) < 4.78 is 0. The fourth-order valence-corrected chi connectivity index (χ4v) is 2.36. The molecule has 0 saturated heterocycles. The summed E-state index contributed by atoms with van der Waals surface area (Å²) in [5, 5.41) is 11.7. The van der Waals surface area contributed by atoms with Gasteiger partial charge in [0.2, 0.25) is 5.91 Å². The molecular weight excluding hydrogens is 264 g/mol. The lowest BCUT2D eigenvalue weighted by Gasteiger charge is -2.20. The molecule has 0 aromatic carbocycles. The van der Waals surface area contributed by atoms with E-state index in [0.29, 0.717) is 13.0 Å². The fraction of sp³-hybridized carbons (Fsp3) is 0.941. The Morgan fingerprint density at radius 2 is 1.62 bits per heavy atom. The van der Waals surface area contributed by atoms with Gasteiger partial charge in [-0.2, -0.15) is 0 Å². The zero-order valence-corrected chi connectivity index (χ0v) is 14.2. The highest BCUT2D eigenvalue weighted by atomic mass is 16.2. The lowest BCUT2D eigenvalue weighted by molar-refractivity contribution is -0.121. The van der Waals surface area contributed by atoms with Gasteiger partial charge < -0.3 is 15.3 Å². The summed E-state index contributed by atoms with van der Waals surface area (Å²) >= 11 is 0. The zero-order valence-electron chi connectivity index (χ0n) is 14.2. The third-order valence-corrected chi connectivity index (χ3v) is 3.84. The number of rotatable bonds is 15. The van der Waals surface area contributed by atoms with Crippen molar-refractivity contribution in [1.82, 2.24) is 10.2 Å². The molecule has 0 bridgehead atoms. The Morgan fingerprint density at radius 3 is 2.24 bits per heavy atom. The highest BCUT2D eigenvalue weighted by Crippen LogP contribution is 2.06. The number of carbonyl (C=O) groups excluding carboxylic acids is 1. The molecule has 4 heteroatoms. The number of nitrogens with one attached hydrogen (secondary N) is 1. The molecule has 4 nitrogen and oxygen atoms in total. The normalized spacial score (nSPS) is 11.0. The van der Waals surface area contributed by atoms with Crippen LogP contribution in [0.4, 0.5) is 0 Å². The molecule has 2 N–H and O–H groups in total. The number of aliphatic hydroxyl groups is 1. The van der Waals surface area contributed by atoms with Gasteiger partial charge in [-0.25, -0.2) is 0 Å². The first-order valence-corrected chi connectivity index (χ1v) is 8.84. The van der Waals surface area contributed by atoms with E-state index in [4.69, 9.17) is 5.11 Å². The van der Waals surface area contributed by atoms with Crippen LogP contribution in [0.25, 0.3) is 0 Å². The second-order valence-corrected chi connectivity index (χ2v) is 5.73. The van der Waals surface area contributed by atoms with Crippen molar-refractivity contribution in [2.45, 2.75) is 71.6 Å². The lowest BCUT2D eigenvalue weighted by atomic mass is 10.1. The maximum atomic E-state index is 11.5. The van der Waals surface area contributed by atoms with Crippen LogP contribution in [0.15, 0.2) is 0 Å². The first-order chi connectivity index (χ1) is 10.2. The Kier molecular flexibility index (Phi) is 15.3. The average Bonchev–Trinajstić information content (AvgIpc) is 2.50. The summed E-state index contributed by atoms with van der Waals surface area (Å²) in [5.74, 6) is 0.191. The van der Waals surface area contributed by atoms with E-state index in [1.54, 1.807) is 0 Å². The van der Waals surface area contributed by atoms with Crippen molar-refractivity contribution in [2.75, 3.05) is 32.8 Å². The van der Waals surface area contributed by atoms with E-state index < -0.39 is 0 Å². The minimum Gasteiger partial charge on any atom is -0.396 e. The fourth-order valence-electron chi connectivity index (χ4n) is 2.36. The van der Waals surface area contributed by atoms with Gasteiger partial charge in [0.15, 0.2) is 0 Å². The van der Waals surface area contributed by atoms with Crippen LogP contribution in [0, 0.1) is 0 Å². The third kappa shape index (κ3) is 14.1. The molecule has 0 fully saturated rings. The van der Waals surface area contributed by atoms with E-state index in [-0.39, 0.29) is 5.91 Å². The molecule has 0 saturated carbocycles. The van der Waals surface area contributed by atoms with Crippen molar-refractivity contribution in [1.29, 1.82) is 0 Å². The number of amides is 1.